The normalized spacial score (nSPS) is 10.4. The first-order valence-corrected chi connectivity index (χ1v) is 4.90. The molecule has 0 aliphatic carbocycles. The molecule has 8 heavy (non-hydrogen) atoms. The van der Waals surface area contributed by atoms with Crippen LogP contribution in [0.4, 0.5) is 0 Å². The van der Waals surface area contributed by atoms with Crippen LogP contribution in [0.25, 0.3) is 0 Å². The van der Waals surface area contributed by atoms with Gasteiger partial charge in [0.25, 0.3) is 0 Å². The molecule has 0 fully saturated rings. The van der Waals surface area contributed by atoms with Crippen molar-refractivity contribution in [2.45, 2.75) is 0 Å². The number of thiol groups is 1. The zero-order chi connectivity index (χ0) is 5.91. The van der Waals surface area contributed by atoms with Crippen LogP contribution in [0.1, 0.15) is 0 Å². The van der Waals surface area contributed by atoms with E-state index in [2.05, 4.69) is 33.4 Å². The Morgan fingerprint density at radius 3 is 1.62 bits per heavy atom. The fourth-order valence-corrected chi connectivity index (χ4v) is 0.0447. The van der Waals surface area contributed by atoms with Crippen molar-refractivity contribution in [3.8, 4) is 0 Å². The Labute approximate surface area is 66.8 Å². The van der Waals surface area contributed by atoms with Crippen molar-refractivity contribution in [2.75, 3.05) is 0 Å². The monoisotopic (exact) mass is 225 g/mol. The van der Waals surface area contributed by atoms with E-state index < -0.39 is 5.69 Å². The minimum Gasteiger partial charge on any atom is -0.244 e. The van der Waals surface area contributed by atoms with Gasteiger partial charge in [-0.3, -0.25) is 0 Å². The van der Waals surface area contributed by atoms with Gasteiger partial charge in [0.2, 0.25) is 0 Å². The molecule has 0 aromatic heterocycles. The van der Waals surface area contributed by atoms with Gasteiger partial charge in [0.05, 0.1) is 0 Å². The first kappa shape index (κ1) is 12.1. The summed E-state index contributed by atoms with van der Waals surface area (Å²) in [6, 6.07) is 0. The average molecular weight is 226 g/mol. The maximum absolute atomic E-state index is 7.68. The van der Waals surface area contributed by atoms with E-state index in [4.69, 9.17) is 10.5 Å². The van der Waals surface area contributed by atoms with Crippen molar-refractivity contribution in [3.63, 3.8) is 0 Å². The molecule has 0 saturated carbocycles. The summed E-state index contributed by atoms with van der Waals surface area (Å²) in [5.41, 5.74) is -3.02. The largest absolute Gasteiger partial charge is 0.304 e. The van der Waals surface area contributed by atoms with Gasteiger partial charge in [0, 0.05) is 17.1 Å². The van der Waals surface area contributed by atoms with Crippen LogP contribution in [-0.2, 0) is 38.2 Å². The third-order valence-corrected chi connectivity index (χ3v) is 1.46. The smallest absolute Gasteiger partial charge is 0.244 e. The first-order chi connectivity index (χ1) is 3.12. The van der Waals surface area contributed by atoms with E-state index in [1.54, 1.807) is 0 Å². The Hall–Kier alpha value is 1.36. The van der Waals surface area contributed by atoms with E-state index in [0.717, 1.165) is 0 Å². The number of hydrogen-bond donors (Lipinski definition) is 3. The molecular formula is H3CuO4PS2. The second-order valence-electron chi connectivity index (χ2n) is 0.632. The van der Waals surface area contributed by atoms with Crippen molar-refractivity contribution in [2.24, 2.45) is 0 Å². The fraction of sp³-hybridized carbons (Fsp3) is 0. The van der Waals surface area contributed by atoms with E-state index in [1.807, 2.05) is 0 Å². The molecule has 2 N–H and O–H groups in total. The first-order valence-electron chi connectivity index (χ1n) is 1.11. The summed E-state index contributed by atoms with van der Waals surface area (Å²) < 4.78 is 6.81. The quantitative estimate of drug-likeness (QED) is 0.216. The van der Waals surface area contributed by atoms with Gasteiger partial charge in [-0.25, -0.2) is 10.5 Å². The maximum Gasteiger partial charge on any atom is 0.304 e. The molecular weight excluding hydrogens is 223 g/mol. The number of rotatable bonds is 2. The molecule has 1 radical (unpaired) electrons. The van der Waals surface area contributed by atoms with Crippen LogP contribution in [0, 0.1) is 0 Å². The molecule has 0 aromatic carbocycles. The van der Waals surface area contributed by atoms with Gasteiger partial charge in [-0.05, 0) is 11.8 Å². The molecule has 0 atom stereocenters. The molecule has 55 valence electrons. The van der Waals surface area contributed by atoms with E-state index in [-0.39, 0.29) is 17.1 Å². The predicted molar refractivity (Wildman–Crippen MR) is 30.7 cm³/mol. The summed E-state index contributed by atoms with van der Waals surface area (Å²) in [6.07, 6.45) is 0. The van der Waals surface area contributed by atoms with Gasteiger partial charge in [0.1, 0.15) is 0 Å². The predicted octanol–water partition coefficient (Wildman–Crippen LogP) is 1.12. The van der Waals surface area contributed by atoms with Crippen LogP contribution in [-0.4, -0.2) is 10.5 Å². The summed E-state index contributed by atoms with van der Waals surface area (Å²) in [6.45, 7) is 0. The van der Waals surface area contributed by atoms with Crippen LogP contribution in [0.5, 0.6) is 0 Å². The Balaban J connectivity index is 0. The summed E-state index contributed by atoms with van der Waals surface area (Å²) in [5, 5.41) is 15.4. The van der Waals surface area contributed by atoms with E-state index in [0.29, 0.717) is 0 Å². The molecule has 0 spiro atoms. The van der Waals surface area contributed by atoms with Crippen LogP contribution >= 0.6 is 17.9 Å². The molecule has 0 bridgehead atoms. The van der Waals surface area contributed by atoms with Crippen LogP contribution in [0.3, 0.4) is 0 Å². The molecule has 0 aromatic rings. The average Bonchev–Trinajstić information content (AvgIpc) is 1.68. The van der Waals surface area contributed by atoms with Gasteiger partial charge < -0.3 is 0 Å². The topological polar surface area (TPSA) is 58.9 Å². The molecule has 0 heterocycles. The minimum atomic E-state index is -3.02. The molecule has 0 aliphatic rings. The molecule has 4 nitrogen and oxygen atoms in total. The van der Waals surface area contributed by atoms with E-state index >= 15 is 0 Å². The molecule has 8 heteroatoms. The molecule has 0 rings (SSSR count). The van der Waals surface area contributed by atoms with Gasteiger partial charge in [-0.15, -0.1) is 0 Å². The van der Waals surface area contributed by atoms with Gasteiger partial charge in [0.15, 0.2) is 0 Å². The Bertz CT molecular complexity index is 86.0. The van der Waals surface area contributed by atoms with Crippen LogP contribution in [0.2, 0.25) is 0 Å². The van der Waals surface area contributed by atoms with E-state index in [9.17, 15) is 0 Å². The minimum absolute atomic E-state index is 0. The third kappa shape index (κ3) is 5.50. The van der Waals surface area contributed by atoms with Gasteiger partial charge >= 0.3 is 5.69 Å². The van der Waals surface area contributed by atoms with E-state index in [1.165, 1.54) is 0 Å². The van der Waals surface area contributed by atoms with Gasteiger partial charge in [-0.1, -0.05) is 12.2 Å². The zero-order valence-electron chi connectivity index (χ0n) is 3.32. The molecule has 0 saturated heterocycles. The third-order valence-electron chi connectivity index (χ3n) is 0.206. The van der Waals surface area contributed by atoms with Crippen LogP contribution in [0.15, 0.2) is 0 Å². The van der Waals surface area contributed by atoms with Crippen molar-refractivity contribution in [1.82, 2.24) is 0 Å². The second-order valence-corrected chi connectivity index (χ2v) is 5.73. The van der Waals surface area contributed by atoms with Crippen molar-refractivity contribution >= 4 is 29.7 Å². The Kier molecular flexibility index (Phi) is 7.80. The zero-order valence-corrected chi connectivity index (χ0v) is 6.86. The summed E-state index contributed by atoms with van der Waals surface area (Å²) in [4.78, 5) is 0. The summed E-state index contributed by atoms with van der Waals surface area (Å²) >= 11 is 7.54. The molecule has 0 unspecified atom stereocenters. The molecule has 0 aliphatic heterocycles. The van der Waals surface area contributed by atoms with Crippen molar-refractivity contribution in [1.29, 1.82) is 0 Å². The maximum atomic E-state index is 7.68. The Morgan fingerprint density at radius 2 is 1.62 bits per heavy atom. The standard InChI is InChI=1S/Cu.H3O4PS2/c;1-3-5(6,7)4-2/h;1-2H,(H,6,7). The van der Waals surface area contributed by atoms with Crippen molar-refractivity contribution < 1.29 is 36.9 Å². The summed E-state index contributed by atoms with van der Waals surface area (Å²) in [7, 11) is 0. The van der Waals surface area contributed by atoms with Crippen molar-refractivity contribution in [3.05, 3.63) is 0 Å². The van der Waals surface area contributed by atoms with Crippen LogP contribution < -0.4 is 0 Å². The SMILES string of the molecule is OOP(=S)(S)OO.[Cu]. The number of hydrogen-bond acceptors (Lipinski definition) is 5. The van der Waals surface area contributed by atoms with Gasteiger partial charge in [-0.2, -0.15) is 9.35 Å². The fourth-order valence-electron chi connectivity index (χ4n) is 0.0149. The Morgan fingerprint density at radius 1 is 1.38 bits per heavy atom. The second kappa shape index (κ2) is 5.17. The molecule has 0 amide bonds. The summed E-state index contributed by atoms with van der Waals surface area (Å²) in [5.74, 6) is 0.